The van der Waals surface area contributed by atoms with Crippen molar-refractivity contribution >= 4 is 42.0 Å². The second-order valence-corrected chi connectivity index (χ2v) is 9.09. The lowest BCUT2D eigenvalue weighted by Gasteiger charge is -2.61. The second-order valence-electron chi connectivity index (χ2n) is 9.09. The smallest absolute Gasteiger partial charge is 0.362 e. The van der Waals surface area contributed by atoms with Crippen LogP contribution in [0.5, 0.6) is 0 Å². The van der Waals surface area contributed by atoms with Crippen LogP contribution < -0.4 is 10.3 Å². The number of nitrogens with one attached hydrogen (secondary N) is 2. The van der Waals surface area contributed by atoms with Crippen molar-refractivity contribution in [1.29, 1.82) is 0 Å². The molecule has 0 radical (unpaired) electrons. The van der Waals surface area contributed by atoms with Crippen molar-refractivity contribution in [3.63, 3.8) is 0 Å². The third-order valence-electron chi connectivity index (χ3n) is 6.19. The predicted molar refractivity (Wildman–Crippen MR) is 123 cm³/mol. The Hall–Kier alpha value is 0.150. The van der Waals surface area contributed by atoms with Crippen molar-refractivity contribution in [3.8, 4) is 0 Å². The van der Waals surface area contributed by atoms with Crippen LogP contribution in [0.3, 0.4) is 0 Å². The standard InChI is InChI=1S/C14H38B6N6/c1-12(2)23-18(10)24(13(3)4)20(25(14(5)6)19(23)11)26-16(8)21-15(7)22-17(26)9/h12-14,21-22H,1-11H3. The molecular weight excluding hydrogens is 317 g/mol. The highest BCUT2D eigenvalue weighted by molar-refractivity contribution is 6.97. The second kappa shape index (κ2) is 8.66. The Bertz CT molecular complexity index is 437. The molecule has 2 N–H and O–H groups in total. The van der Waals surface area contributed by atoms with Gasteiger partial charge in [0.05, 0.1) is 0 Å². The maximum absolute atomic E-state index is 3.69. The lowest BCUT2D eigenvalue weighted by molar-refractivity contribution is 0.333. The van der Waals surface area contributed by atoms with Gasteiger partial charge in [0.2, 0.25) is 0 Å². The van der Waals surface area contributed by atoms with Gasteiger partial charge in [0.15, 0.2) is 0 Å². The van der Waals surface area contributed by atoms with E-state index >= 15 is 0 Å². The van der Waals surface area contributed by atoms with E-state index in [0.29, 0.717) is 53.0 Å². The molecule has 0 amide bonds. The highest BCUT2D eigenvalue weighted by Crippen LogP contribution is 2.28. The molecule has 0 saturated carbocycles. The molecule has 26 heavy (non-hydrogen) atoms. The predicted octanol–water partition coefficient (Wildman–Crippen LogP) is 1.20. The van der Waals surface area contributed by atoms with Gasteiger partial charge >= 0.3 is 7.12 Å². The van der Waals surface area contributed by atoms with Crippen LogP contribution >= 0.6 is 0 Å². The van der Waals surface area contributed by atoms with Crippen LogP contribution in [0.2, 0.25) is 34.1 Å². The van der Waals surface area contributed by atoms with Gasteiger partial charge in [-0.25, -0.2) is 0 Å². The maximum atomic E-state index is 3.69. The first-order chi connectivity index (χ1) is 12.0. The Morgan fingerprint density at radius 2 is 0.923 bits per heavy atom. The van der Waals surface area contributed by atoms with Crippen LogP contribution in [0.25, 0.3) is 0 Å². The van der Waals surface area contributed by atoms with Gasteiger partial charge in [-0.2, -0.15) is 0 Å². The Morgan fingerprint density at radius 3 is 1.23 bits per heavy atom. The zero-order valence-corrected chi connectivity index (χ0v) is 19.0. The third kappa shape index (κ3) is 4.10. The molecule has 2 aliphatic rings. The van der Waals surface area contributed by atoms with Crippen molar-refractivity contribution < 1.29 is 0 Å². The molecule has 2 aliphatic heterocycles. The quantitative estimate of drug-likeness (QED) is 0.739. The van der Waals surface area contributed by atoms with Crippen LogP contribution in [0.4, 0.5) is 0 Å². The Balaban J connectivity index is 2.50. The van der Waals surface area contributed by atoms with Gasteiger partial charge in [-0.3, -0.25) is 0 Å². The van der Waals surface area contributed by atoms with Crippen LogP contribution in [-0.2, 0) is 0 Å². The summed E-state index contributed by atoms with van der Waals surface area (Å²) in [6, 6.07) is 1.43. The zero-order chi connectivity index (χ0) is 19.9. The van der Waals surface area contributed by atoms with Crippen LogP contribution in [0, 0.1) is 0 Å². The van der Waals surface area contributed by atoms with Crippen molar-refractivity contribution in [2.45, 2.75) is 93.8 Å². The van der Waals surface area contributed by atoms with Gasteiger partial charge in [0.1, 0.15) is 0 Å². The van der Waals surface area contributed by atoms with Crippen LogP contribution in [0.15, 0.2) is 0 Å². The number of nitrogens with zero attached hydrogens (tertiary/aromatic N) is 4. The Labute approximate surface area is 165 Å². The summed E-state index contributed by atoms with van der Waals surface area (Å²) in [4.78, 5) is 0. The maximum Gasteiger partial charge on any atom is 0.362 e. The fraction of sp³-hybridized carbons (Fsp3) is 1.00. The summed E-state index contributed by atoms with van der Waals surface area (Å²) in [5, 5.41) is 7.37. The molecule has 0 aromatic carbocycles. The molecule has 6 nitrogen and oxygen atoms in total. The minimum atomic E-state index is 0.257. The van der Waals surface area contributed by atoms with Crippen molar-refractivity contribution in [1.82, 2.24) is 29.1 Å². The molecule has 2 fully saturated rings. The third-order valence-corrected chi connectivity index (χ3v) is 6.19. The van der Waals surface area contributed by atoms with Gasteiger partial charge in [0.25, 0.3) is 34.9 Å². The van der Waals surface area contributed by atoms with Crippen molar-refractivity contribution in [2.24, 2.45) is 0 Å². The minimum Gasteiger partial charge on any atom is -0.373 e. The van der Waals surface area contributed by atoms with E-state index in [9.17, 15) is 0 Å². The lowest BCUT2D eigenvalue weighted by Crippen LogP contribution is -2.88. The Kier molecular flexibility index (Phi) is 7.48. The monoisotopic (exact) mass is 356 g/mol. The van der Waals surface area contributed by atoms with Gasteiger partial charge < -0.3 is 29.1 Å². The topological polar surface area (TPSA) is 37.0 Å². The van der Waals surface area contributed by atoms with Crippen LogP contribution in [0.1, 0.15) is 41.5 Å². The molecule has 0 aliphatic carbocycles. The summed E-state index contributed by atoms with van der Waals surface area (Å²) in [5.41, 5.74) is 0. The first-order valence-corrected chi connectivity index (χ1v) is 10.6. The van der Waals surface area contributed by atoms with Gasteiger partial charge in [-0.1, -0.05) is 75.7 Å². The number of hydrogen-bond donors (Lipinski definition) is 2. The average molecular weight is 355 g/mol. The first-order valence-electron chi connectivity index (χ1n) is 10.6. The summed E-state index contributed by atoms with van der Waals surface area (Å²) in [5.74, 6) is 0. The molecular formula is C14H38B6N6. The highest BCUT2D eigenvalue weighted by atomic mass is 15.4. The van der Waals surface area contributed by atoms with Gasteiger partial charge in [-0.15, -0.1) is 0 Å². The summed E-state index contributed by atoms with van der Waals surface area (Å²) in [6.45, 7) is 27.3. The zero-order valence-electron chi connectivity index (χ0n) is 19.0. The van der Waals surface area contributed by atoms with E-state index in [0.717, 1.165) is 0 Å². The van der Waals surface area contributed by atoms with E-state index in [1.807, 2.05) is 0 Å². The van der Waals surface area contributed by atoms with Gasteiger partial charge in [0, 0.05) is 0 Å². The van der Waals surface area contributed by atoms with E-state index in [1.54, 1.807) is 0 Å². The van der Waals surface area contributed by atoms with E-state index < -0.39 is 0 Å². The van der Waals surface area contributed by atoms with Crippen molar-refractivity contribution in [2.75, 3.05) is 0 Å². The van der Waals surface area contributed by atoms with E-state index in [-0.39, 0.29) is 7.12 Å². The number of hydrogen-bond acceptors (Lipinski definition) is 6. The number of rotatable bonds is 4. The molecule has 2 saturated heterocycles. The van der Waals surface area contributed by atoms with Gasteiger partial charge in [-0.05, 0) is 18.1 Å². The first kappa shape index (κ1) is 22.4. The fourth-order valence-electron chi connectivity index (χ4n) is 5.41. The molecule has 2 heterocycles. The molecule has 2 rings (SSSR count). The molecule has 12 heteroatoms. The van der Waals surface area contributed by atoms with Crippen molar-refractivity contribution in [3.05, 3.63) is 0 Å². The van der Waals surface area contributed by atoms with Crippen LogP contribution in [-0.4, -0.2) is 79.0 Å². The highest BCUT2D eigenvalue weighted by Gasteiger charge is 2.56. The fourth-order valence-corrected chi connectivity index (χ4v) is 5.41. The molecule has 0 unspecified atom stereocenters. The van der Waals surface area contributed by atoms with E-state index in [4.69, 9.17) is 0 Å². The summed E-state index contributed by atoms with van der Waals surface area (Å²) in [6.07, 6.45) is 0. The average Bonchev–Trinajstić information content (AvgIpc) is 2.44. The summed E-state index contributed by atoms with van der Waals surface area (Å²) in [7, 11) is 0.257. The van der Waals surface area contributed by atoms with E-state index in [2.05, 4.69) is 105 Å². The van der Waals surface area contributed by atoms with E-state index in [1.165, 1.54) is 0 Å². The SMILES string of the molecule is CB1NB(C)N(B2N(C(C)C)B(C)N(C(C)C)B(C)N2C(C)C)B(C)N1. The molecule has 142 valence electrons. The largest absolute Gasteiger partial charge is 0.373 e. The molecule has 0 aromatic rings. The Morgan fingerprint density at radius 1 is 0.577 bits per heavy atom. The lowest BCUT2D eigenvalue weighted by atomic mass is 9.38. The minimum absolute atomic E-state index is 0.257. The summed E-state index contributed by atoms with van der Waals surface area (Å²) < 4.78 is 10.6. The molecule has 0 spiro atoms. The summed E-state index contributed by atoms with van der Waals surface area (Å²) >= 11 is 0. The molecule has 0 aromatic heterocycles. The normalized spacial score (nSPS) is 22.8. The molecule has 0 atom stereocenters. The molecule has 0 bridgehead atoms.